The highest BCUT2D eigenvalue weighted by atomic mass is 19.1. The van der Waals surface area contributed by atoms with Crippen molar-refractivity contribution in [3.05, 3.63) is 34.9 Å². The number of rotatable bonds is 3. The van der Waals surface area contributed by atoms with Crippen molar-refractivity contribution in [3.8, 4) is 0 Å². The molecule has 1 rings (SSSR count). The summed E-state index contributed by atoms with van der Waals surface area (Å²) < 4.78 is 26.3. The molecule has 1 aromatic rings. The van der Waals surface area contributed by atoms with E-state index in [9.17, 15) is 8.78 Å². The van der Waals surface area contributed by atoms with Crippen molar-refractivity contribution in [1.82, 2.24) is 0 Å². The lowest BCUT2D eigenvalue weighted by Crippen LogP contribution is -2.01. The van der Waals surface area contributed by atoms with Crippen molar-refractivity contribution in [2.24, 2.45) is 0 Å². The third-order valence-electron chi connectivity index (χ3n) is 2.17. The highest BCUT2D eigenvalue weighted by Crippen LogP contribution is 2.22. The summed E-state index contributed by atoms with van der Waals surface area (Å²) in [5.41, 5.74) is 0.868. The summed E-state index contributed by atoms with van der Waals surface area (Å²) in [5.74, 6) is -1.08. The van der Waals surface area contributed by atoms with E-state index in [0.29, 0.717) is 11.1 Å². The second kappa shape index (κ2) is 4.51. The topological polar surface area (TPSA) is 20.2 Å². The highest BCUT2D eigenvalue weighted by Gasteiger charge is 2.11. The lowest BCUT2D eigenvalue weighted by atomic mass is 9.98. The second-order valence-electron chi connectivity index (χ2n) is 3.59. The Morgan fingerprint density at radius 3 is 2.36 bits per heavy atom. The summed E-state index contributed by atoms with van der Waals surface area (Å²) in [7, 11) is 0. The van der Waals surface area contributed by atoms with Crippen molar-refractivity contribution in [3.63, 3.8) is 0 Å². The molecule has 0 amide bonds. The molecule has 0 heterocycles. The van der Waals surface area contributed by atoms with Gasteiger partial charge in [-0.25, -0.2) is 8.78 Å². The number of benzene rings is 1. The molecule has 0 saturated carbocycles. The number of hydrogen-bond donors (Lipinski definition) is 1. The van der Waals surface area contributed by atoms with Crippen LogP contribution in [0, 0.1) is 11.6 Å². The average Bonchev–Trinajstić information content (AvgIpc) is 2.09. The number of aliphatic hydroxyl groups excluding tert-OH is 1. The van der Waals surface area contributed by atoms with Crippen molar-refractivity contribution < 1.29 is 13.9 Å². The van der Waals surface area contributed by atoms with Crippen LogP contribution in [0.1, 0.15) is 30.9 Å². The molecular weight excluding hydrogens is 186 g/mol. The first kappa shape index (κ1) is 11.1. The number of hydrogen-bond acceptors (Lipinski definition) is 1. The Bertz CT molecular complexity index is 321. The van der Waals surface area contributed by atoms with Crippen molar-refractivity contribution in [1.29, 1.82) is 0 Å². The van der Waals surface area contributed by atoms with Crippen LogP contribution in [0.15, 0.2) is 12.1 Å². The van der Waals surface area contributed by atoms with Gasteiger partial charge >= 0.3 is 0 Å². The minimum atomic E-state index is -0.582. The molecule has 0 saturated heterocycles. The van der Waals surface area contributed by atoms with Gasteiger partial charge in [0.2, 0.25) is 0 Å². The first-order valence-electron chi connectivity index (χ1n) is 4.65. The second-order valence-corrected chi connectivity index (χ2v) is 3.59. The van der Waals surface area contributed by atoms with Crippen LogP contribution in [0.3, 0.4) is 0 Å². The van der Waals surface area contributed by atoms with Crippen LogP contribution in [-0.2, 0) is 6.42 Å². The van der Waals surface area contributed by atoms with Crippen LogP contribution < -0.4 is 0 Å². The zero-order valence-corrected chi connectivity index (χ0v) is 8.35. The maximum Gasteiger partial charge on any atom is 0.129 e. The molecule has 78 valence electrons. The van der Waals surface area contributed by atoms with E-state index in [1.54, 1.807) is 0 Å². The van der Waals surface area contributed by atoms with Crippen LogP contribution in [0.5, 0.6) is 0 Å². The van der Waals surface area contributed by atoms with Gasteiger partial charge in [0.1, 0.15) is 11.6 Å². The molecule has 14 heavy (non-hydrogen) atoms. The van der Waals surface area contributed by atoms with Gasteiger partial charge in [0, 0.05) is 12.7 Å². The third kappa shape index (κ3) is 2.29. The predicted molar refractivity (Wildman–Crippen MR) is 51.2 cm³/mol. The fraction of sp³-hybridized carbons (Fsp3) is 0.455. The molecule has 1 N–H and O–H groups in total. The van der Waals surface area contributed by atoms with E-state index in [4.69, 9.17) is 5.11 Å². The van der Waals surface area contributed by atoms with E-state index >= 15 is 0 Å². The predicted octanol–water partition coefficient (Wildman–Crippen LogP) is 2.62. The molecule has 0 spiro atoms. The Hall–Kier alpha value is -0.960. The van der Waals surface area contributed by atoms with Gasteiger partial charge in [-0.2, -0.15) is 0 Å². The molecule has 0 atom stereocenters. The van der Waals surface area contributed by atoms with E-state index in [0.717, 1.165) is 6.07 Å². The van der Waals surface area contributed by atoms with Crippen LogP contribution in [-0.4, -0.2) is 11.7 Å². The molecule has 0 aliphatic heterocycles. The Balaban J connectivity index is 3.13. The van der Waals surface area contributed by atoms with Crippen LogP contribution >= 0.6 is 0 Å². The Kier molecular flexibility index (Phi) is 3.58. The van der Waals surface area contributed by atoms with Gasteiger partial charge in [-0.3, -0.25) is 0 Å². The summed E-state index contributed by atoms with van der Waals surface area (Å²) in [4.78, 5) is 0. The van der Waals surface area contributed by atoms with Crippen molar-refractivity contribution >= 4 is 0 Å². The largest absolute Gasteiger partial charge is 0.396 e. The van der Waals surface area contributed by atoms with Crippen LogP contribution in [0.4, 0.5) is 8.78 Å². The van der Waals surface area contributed by atoms with Gasteiger partial charge in [0.25, 0.3) is 0 Å². The fourth-order valence-electron chi connectivity index (χ4n) is 1.37. The summed E-state index contributed by atoms with van der Waals surface area (Å²) in [6.45, 7) is 3.57. The van der Waals surface area contributed by atoms with Gasteiger partial charge in [-0.15, -0.1) is 0 Å². The zero-order chi connectivity index (χ0) is 10.7. The summed E-state index contributed by atoms with van der Waals surface area (Å²) >= 11 is 0. The van der Waals surface area contributed by atoms with Gasteiger partial charge in [-0.05, 0) is 29.5 Å². The monoisotopic (exact) mass is 200 g/mol. The molecular formula is C11H14F2O. The van der Waals surface area contributed by atoms with E-state index < -0.39 is 11.6 Å². The smallest absolute Gasteiger partial charge is 0.129 e. The molecule has 0 fully saturated rings. The minimum absolute atomic E-state index is 0.0213. The van der Waals surface area contributed by atoms with Crippen LogP contribution in [0.25, 0.3) is 0 Å². The van der Waals surface area contributed by atoms with E-state index in [1.807, 2.05) is 13.8 Å². The zero-order valence-electron chi connectivity index (χ0n) is 8.35. The van der Waals surface area contributed by atoms with Gasteiger partial charge < -0.3 is 5.11 Å². The Morgan fingerprint density at radius 1 is 1.21 bits per heavy atom. The summed E-state index contributed by atoms with van der Waals surface area (Å²) in [5, 5.41) is 8.68. The Morgan fingerprint density at radius 2 is 1.86 bits per heavy atom. The van der Waals surface area contributed by atoms with Gasteiger partial charge in [0.15, 0.2) is 0 Å². The maximum absolute atomic E-state index is 13.2. The first-order valence-corrected chi connectivity index (χ1v) is 4.65. The molecule has 1 nitrogen and oxygen atoms in total. The van der Waals surface area contributed by atoms with E-state index in [2.05, 4.69) is 0 Å². The quantitative estimate of drug-likeness (QED) is 0.795. The number of halogens is 2. The Labute approximate surface area is 82.4 Å². The molecule has 0 aliphatic rings. The standard InChI is InChI=1S/C11H14F2O/c1-7(2)9-5-8(3-4-14)10(12)6-11(9)13/h5-7,14H,3-4H2,1-2H3. The average molecular weight is 200 g/mol. The molecule has 0 radical (unpaired) electrons. The van der Waals surface area contributed by atoms with E-state index in [-0.39, 0.29) is 18.9 Å². The molecule has 3 heteroatoms. The maximum atomic E-state index is 13.2. The normalized spacial score (nSPS) is 11.0. The minimum Gasteiger partial charge on any atom is -0.396 e. The van der Waals surface area contributed by atoms with Crippen molar-refractivity contribution in [2.75, 3.05) is 6.61 Å². The number of aliphatic hydroxyl groups is 1. The lowest BCUT2D eigenvalue weighted by Gasteiger charge is -2.10. The van der Waals surface area contributed by atoms with Crippen LogP contribution in [0.2, 0.25) is 0 Å². The fourth-order valence-corrected chi connectivity index (χ4v) is 1.37. The summed E-state index contributed by atoms with van der Waals surface area (Å²) in [6, 6.07) is 2.38. The first-order chi connectivity index (χ1) is 6.56. The highest BCUT2D eigenvalue weighted by molar-refractivity contribution is 5.29. The molecule has 1 aromatic carbocycles. The molecule has 0 unspecified atom stereocenters. The molecule has 0 bridgehead atoms. The SMILES string of the molecule is CC(C)c1cc(CCO)c(F)cc1F. The van der Waals surface area contributed by atoms with E-state index in [1.165, 1.54) is 6.07 Å². The van der Waals surface area contributed by atoms with Gasteiger partial charge in [-0.1, -0.05) is 13.8 Å². The molecule has 0 aliphatic carbocycles. The van der Waals surface area contributed by atoms with Crippen molar-refractivity contribution in [2.45, 2.75) is 26.2 Å². The third-order valence-corrected chi connectivity index (χ3v) is 2.17. The lowest BCUT2D eigenvalue weighted by molar-refractivity contribution is 0.297. The van der Waals surface area contributed by atoms with Gasteiger partial charge in [0.05, 0.1) is 0 Å². The molecule has 0 aromatic heterocycles. The summed E-state index contributed by atoms with van der Waals surface area (Å²) in [6.07, 6.45) is 0.228.